The highest BCUT2D eigenvalue weighted by atomic mass is 35.5. The minimum absolute atomic E-state index is 0.0436. The zero-order chi connectivity index (χ0) is 21.8. The predicted octanol–water partition coefficient (Wildman–Crippen LogP) is 5.72. The van der Waals surface area contributed by atoms with Gasteiger partial charge in [0.1, 0.15) is 0 Å². The molecule has 0 radical (unpaired) electrons. The van der Waals surface area contributed by atoms with Crippen LogP contribution in [0.2, 0.25) is 5.02 Å². The van der Waals surface area contributed by atoms with E-state index in [1.54, 1.807) is 4.90 Å². The number of nitrogens with one attached hydrogen (secondary N) is 1. The number of carbonyl (C=O) groups is 2. The Balaban J connectivity index is 2.24. The van der Waals surface area contributed by atoms with Crippen molar-refractivity contribution in [1.29, 1.82) is 0 Å². The number of nitrogens with zero attached hydrogens (tertiary/aromatic N) is 1. The summed E-state index contributed by atoms with van der Waals surface area (Å²) in [6, 6.07) is 5.85. The van der Waals surface area contributed by atoms with Gasteiger partial charge in [-0.3, -0.25) is 4.79 Å². The van der Waals surface area contributed by atoms with Crippen molar-refractivity contribution in [3.63, 3.8) is 0 Å². The monoisotopic (exact) mass is 420 g/mol. The summed E-state index contributed by atoms with van der Waals surface area (Å²) in [6.45, 7) is 11.1. The third-order valence-electron chi connectivity index (χ3n) is 5.52. The van der Waals surface area contributed by atoms with Crippen molar-refractivity contribution in [1.82, 2.24) is 10.2 Å². The molecule has 2 N–H and O–H groups in total. The van der Waals surface area contributed by atoms with Gasteiger partial charge in [-0.15, -0.1) is 0 Å². The number of aliphatic carboxylic acids is 1. The molecule has 1 aliphatic heterocycles. The molecule has 0 fully saturated rings. The second-order valence-corrected chi connectivity index (χ2v) is 9.53. The minimum atomic E-state index is -0.854. The summed E-state index contributed by atoms with van der Waals surface area (Å²) in [5.41, 5.74) is 2.74. The van der Waals surface area contributed by atoms with Gasteiger partial charge in [0, 0.05) is 24.2 Å². The molecule has 1 aliphatic rings. The molecule has 160 valence electrons. The van der Waals surface area contributed by atoms with Crippen molar-refractivity contribution in [2.75, 3.05) is 6.54 Å². The number of benzene rings is 1. The van der Waals surface area contributed by atoms with Crippen LogP contribution in [0.15, 0.2) is 30.0 Å². The van der Waals surface area contributed by atoms with Crippen molar-refractivity contribution in [2.45, 2.75) is 72.3 Å². The molecule has 1 atom stereocenters. The average Bonchev–Trinajstić information content (AvgIpc) is 2.61. The number of carbonyl (C=O) groups excluding carboxylic acids is 1. The Morgan fingerprint density at radius 2 is 2.00 bits per heavy atom. The summed E-state index contributed by atoms with van der Waals surface area (Å²) in [5, 5.41) is 12.7. The molecule has 1 heterocycles. The fourth-order valence-corrected chi connectivity index (χ4v) is 3.86. The van der Waals surface area contributed by atoms with Crippen molar-refractivity contribution in [2.24, 2.45) is 5.41 Å². The van der Waals surface area contributed by atoms with Gasteiger partial charge in [0.05, 0.1) is 5.54 Å². The fourth-order valence-electron chi connectivity index (χ4n) is 3.58. The van der Waals surface area contributed by atoms with Crippen LogP contribution in [0.3, 0.4) is 0 Å². The van der Waals surface area contributed by atoms with E-state index in [0.29, 0.717) is 13.0 Å². The maximum Gasteiger partial charge on any atom is 0.322 e. The lowest BCUT2D eigenvalue weighted by Crippen LogP contribution is -2.53. The standard InChI is InChI=1S/C23H33ClN2O3/c1-6-17-15-26(13-7-8-20(27)28)21(29)25-23(17,5)18-10-9-16(19(24)14-18)11-12-22(2,3)4/h9-10,14-15H,6-8,11-13H2,1-5H3,(H,25,29)(H,27,28)/t23-/m0/s1. The summed E-state index contributed by atoms with van der Waals surface area (Å²) in [6.07, 6.45) is 5.05. The van der Waals surface area contributed by atoms with Gasteiger partial charge in [0.15, 0.2) is 0 Å². The Hall–Kier alpha value is -2.01. The second kappa shape index (κ2) is 9.21. The molecule has 0 saturated carbocycles. The summed E-state index contributed by atoms with van der Waals surface area (Å²) in [7, 11) is 0. The fraction of sp³-hybridized carbons (Fsp3) is 0.565. The van der Waals surface area contributed by atoms with Crippen molar-refractivity contribution < 1.29 is 14.7 Å². The number of hydrogen-bond acceptors (Lipinski definition) is 2. The van der Waals surface area contributed by atoms with E-state index in [4.69, 9.17) is 16.7 Å². The van der Waals surface area contributed by atoms with Crippen molar-refractivity contribution in [3.05, 3.63) is 46.1 Å². The first-order valence-corrected chi connectivity index (χ1v) is 10.6. The zero-order valence-corrected chi connectivity index (χ0v) is 18.9. The third-order valence-corrected chi connectivity index (χ3v) is 5.87. The summed E-state index contributed by atoms with van der Waals surface area (Å²) < 4.78 is 0. The number of carboxylic acid groups (broad SMARTS) is 1. The normalized spacial score (nSPS) is 19.7. The summed E-state index contributed by atoms with van der Waals surface area (Å²) in [5.74, 6) is -0.854. The first-order chi connectivity index (χ1) is 13.5. The van der Waals surface area contributed by atoms with E-state index in [1.807, 2.05) is 25.3 Å². The first-order valence-electron chi connectivity index (χ1n) is 10.3. The topological polar surface area (TPSA) is 69.6 Å². The van der Waals surface area contributed by atoms with E-state index in [2.05, 4.69) is 39.1 Å². The molecular formula is C23H33ClN2O3. The molecule has 0 unspecified atom stereocenters. The Morgan fingerprint density at radius 3 is 2.55 bits per heavy atom. The Bertz CT molecular complexity index is 798. The summed E-state index contributed by atoms with van der Waals surface area (Å²) >= 11 is 6.60. The van der Waals surface area contributed by atoms with Crippen LogP contribution >= 0.6 is 11.6 Å². The lowest BCUT2D eigenvalue weighted by molar-refractivity contribution is -0.137. The van der Waals surface area contributed by atoms with E-state index >= 15 is 0 Å². The molecule has 5 nitrogen and oxygen atoms in total. The van der Waals surface area contributed by atoms with Crippen LogP contribution in [0.25, 0.3) is 0 Å². The van der Waals surface area contributed by atoms with Crippen LogP contribution in [0.4, 0.5) is 4.79 Å². The molecular weight excluding hydrogens is 388 g/mol. The molecule has 1 aromatic rings. The van der Waals surface area contributed by atoms with Gasteiger partial charge in [0.25, 0.3) is 0 Å². The minimum Gasteiger partial charge on any atom is -0.481 e. The SMILES string of the molecule is CCC1=CN(CCCC(=O)O)C(=O)N[C@]1(C)c1ccc(CCC(C)(C)C)c(Cl)c1. The second-order valence-electron chi connectivity index (χ2n) is 9.12. The van der Waals surface area contributed by atoms with E-state index in [1.165, 1.54) is 0 Å². The third kappa shape index (κ3) is 5.99. The van der Waals surface area contributed by atoms with Crippen LogP contribution in [0, 0.1) is 5.41 Å². The lowest BCUT2D eigenvalue weighted by atomic mass is 9.81. The van der Waals surface area contributed by atoms with Crippen molar-refractivity contribution >= 4 is 23.6 Å². The maximum absolute atomic E-state index is 12.7. The molecule has 0 spiro atoms. The highest BCUT2D eigenvalue weighted by Crippen LogP contribution is 2.37. The molecule has 2 rings (SSSR count). The van der Waals surface area contributed by atoms with E-state index < -0.39 is 11.5 Å². The van der Waals surface area contributed by atoms with Crippen LogP contribution in [-0.2, 0) is 16.8 Å². The summed E-state index contributed by atoms with van der Waals surface area (Å²) in [4.78, 5) is 25.0. The van der Waals surface area contributed by atoms with Gasteiger partial charge >= 0.3 is 12.0 Å². The number of urea groups is 1. The van der Waals surface area contributed by atoms with Gasteiger partial charge in [0.2, 0.25) is 0 Å². The van der Waals surface area contributed by atoms with Gasteiger partial charge in [-0.1, -0.05) is 51.4 Å². The number of halogens is 1. The van der Waals surface area contributed by atoms with E-state index in [-0.39, 0.29) is 17.9 Å². The average molecular weight is 421 g/mol. The molecule has 1 aromatic carbocycles. The number of rotatable bonds is 8. The van der Waals surface area contributed by atoms with Gasteiger partial charge in [-0.25, -0.2) is 4.79 Å². The molecule has 0 aliphatic carbocycles. The zero-order valence-electron chi connectivity index (χ0n) is 18.1. The van der Waals surface area contributed by atoms with Crippen molar-refractivity contribution in [3.8, 4) is 0 Å². The quantitative estimate of drug-likeness (QED) is 0.565. The molecule has 6 heteroatoms. The molecule has 0 aromatic heterocycles. The molecule has 29 heavy (non-hydrogen) atoms. The molecule has 0 bridgehead atoms. The Labute approximate surface area is 179 Å². The maximum atomic E-state index is 12.7. The van der Waals surface area contributed by atoms with Crippen LogP contribution in [-0.4, -0.2) is 28.6 Å². The van der Waals surface area contributed by atoms with E-state index in [9.17, 15) is 9.59 Å². The van der Waals surface area contributed by atoms with Gasteiger partial charge in [-0.05, 0) is 60.8 Å². The van der Waals surface area contributed by atoms with Crippen LogP contribution in [0.5, 0.6) is 0 Å². The smallest absolute Gasteiger partial charge is 0.322 e. The first kappa shape index (κ1) is 23.3. The highest BCUT2D eigenvalue weighted by Gasteiger charge is 2.37. The van der Waals surface area contributed by atoms with Crippen LogP contribution < -0.4 is 5.32 Å². The molecule has 2 amide bonds. The molecule has 0 saturated heterocycles. The number of aryl methyl sites for hydroxylation is 1. The Kier molecular flexibility index (Phi) is 7.39. The number of hydrogen-bond donors (Lipinski definition) is 2. The number of carboxylic acids is 1. The largest absolute Gasteiger partial charge is 0.481 e. The van der Waals surface area contributed by atoms with Crippen LogP contribution in [0.1, 0.15) is 71.4 Å². The van der Waals surface area contributed by atoms with E-state index in [0.717, 1.165) is 41.0 Å². The number of amides is 2. The highest BCUT2D eigenvalue weighted by molar-refractivity contribution is 6.31. The lowest BCUT2D eigenvalue weighted by Gasteiger charge is -2.40. The predicted molar refractivity (Wildman–Crippen MR) is 117 cm³/mol. The van der Waals surface area contributed by atoms with Gasteiger partial charge in [-0.2, -0.15) is 0 Å². The van der Waals surface area contributed by atoms with Gasteiger partial charge < -0.3 is 15.3 Å². The Morgan fingerprint density at radius 1 is 1.31 bits per heavy atom.